The Hall–Kier alpha value is -1.82. The minimum absolute atomic E-state index is 0.0334. The van der Waals surface area contributed by atoms with Gasteiger partial charge in [0, 0.05) is 30.2 Å². The van der Waals surface area contributed by atoms with Crippen molar-refractivity contribution in [2.24, 2.45) is 61.6 Å². The van der Waals surface area contributed by atoms with Gasteiger partial charge in [-0.25, -0.2) is 0 Å². The van der Waals surface area contributed by atoms with Crippen molar-refractivity contribution in [2.45, 2.75) is 164 Å². The second-order valence-corrected chi connectivity index (χ2v) is 22.0. The highest BCUT2D eigenvalue weighted by atomic mass is 16.5. The maximum absolute atomic E-state index is 13.3. The summed E-state index contributed by atoms with van der Waals surface area (Å²) in [5.41, 5.74) is 3.24. The molecule has 0 radical (unpaired) electrons. The molecule has 1 N–H and O–H groups in total. The zero-order valence-corrected chi connectivity index (χ0v) is 35.3. The van der Waals surface area contributed by atoms with Crippen LogP contribution in [0.3, 0.4) is 0 Å². The Morgan fingerprint density at radius 1 is 0.846 bits per heavy atom. The molecule has 5 saturated carbocycles. The highest BCUT2D eigenvalue weighted by Gasteiger charge is 2.74. The molecule has 0 spiro atoms. The van der Waals surface area contributed by atoms with Crippen molar-refractivity contribution in [1.29, 1.82) is 0 Å². The van der Waals surface area contributed by atoms with Gasteiger partial charge in [-0.2, -0.15) is 0 Å². The van der Waals surface area contributed by atoms with Crippen LogP contribution in [0.15, 0.2) is 24.4 Å². The van der Waals surface area contributed by atoms with Crippen LogP contribution >= 0.6 is 0 Å². The summed E-state index contributed by atoms with van der Waals surface area (Å²) in [6.45, 7) is 33.4. The summed E-state index contributed by atoms with van der Waals surface area (Å²) in [6.07, 6.45) is 14.5. The molecular weight excluding hydrogens is 645 g/mol. The largest absolute Gasteiger partial charge is 0.481 e. The van der Waals surface area contributed by atoms with Gasteiger partial charge in [0.2, 0.25) is 0 Å². The minimum Gasteiger partial charge on any atom is -0.481 e. The Morgan fingerprint density at radius 3 is 2.12 bits per heavy atom. The van der Waals surface area contributed by atoms with Crippen LogP contribution < -0.4 is 0 Å². The number of ether oxygens (including phenoxy) is 1. The number of allylic oxidation sites excluding steroid dienone is 2. The fraction of sp³-hybridized carbons (Fsp3) is 0.870. The standard InChI is InChI=1S/C46H76N2O4/c1-30(2)33-14-22-46(26-31(3)48-25-18-32(29-48)47(12)13)24-23-45(11)43(9)20-15-34-41(6,7)36(52-38(51)28-40(4,5)27-37(49)50)17-19-42(34,8)35(43)16-21-44(45,10)39(33)46/h32-36,39H,1,3,14-29H2,2,4-13H3,(H,49,50)/t32-,33-,34-,35+,36-,39+,42-,43+,44+,45-,46+/m0/s1. The van der Waals surface area contributed by atoms with Gasteiger partial charge in [-0.1, -0.05) is 74.1 Å². The second-order valence-electron chi connectivity index (χ2n) is 22.0. The molecule has 0 unspecified atom stereocenters. The molecule has 294 valence electrons. The van der Waals surface area contributed by atoms with Crippen molar-refractivity contribution in [1.82, 2.24) is 9.80 Å². The first kappa shape index (κ1) is 39.9. The second kappa shape index (κ2) is 13.1. The lowest BCUT2D eigenvalue weighted by Gasteiger charge is -2.76. The predicted molar refractivity (Wildman–Crippen MR) is 212 cm³/mol. The van der Waals surface area contributed by atoms with Crippen molar-refractivity contribution in [2.75, 3.05) is 27.2 Å². The predicted octanol–water partition coefficient (Wildman–Crippen LogP) is 10.4. The number of aliphatic carboxylic acids is 1. The zero-order valence-electron chi connectivity index (χ0n) is 35.3. The smallest absolute Gasteiger partial charge is 0.306 e. The Kier molecular flexibility index (Phi) is 10.1. The van der Waals surface area contributed by atoms with Crippen LogP contribution in [0.5, 0.6) is 0 Å². The summed E-state index contributed by atoms with van der Waals surface area (Å²) >= 11 is 0. The summed E-state index contributed by atoms with van der Waals surface area (Å²) in [5, 5.41) is 9.38. The first-order chi connectivity index (χ1) is 24.0. The number of hydrogen-bond acceptors (Lipinski definition) is 5. The van der Waals surface area contributed by atoms with Gasteiger partial charge < -0.3 is 19.6 Å². The van der Waals surface area contributed by atoms with E-state index in [9.17, 15) is 14.7 Å². The molecular formula is C46H76N2O4. The summed E-state index contributed by atoms with van der Waals surface area (Å²) in [6, 6.07) is 0.624. The van der Waals surface area contributed by atoms with E-state index in [1.54, 1.807) is 0 Å². The fourth-order valence-corrected chi connectivity index (χ4v) is 15.4. The molecule has 11 atom stereocenters. The van der Waals surface area contributed by atoms with E-state index in [-0.39, 0.29) is 52.0 Å². The molecule has 1 aliphatic heterocycles. The van der Waals surface area contributed by atoms with E-state index in [0.29, 0.717) is 35.1 Å². The quantitative estimate of drug-likeness (QED) is 0.179. The number of hydrogen-bond donors (Lipinski definition) is 1. The molecule has 6 rings (SSSR count). The van der Waals surface area contributed by atoms with Gasteiger partial charge in [-0.05, 0) is 154 Å². The van der Waals surface area contributed by atoms with Crippen molar-refractivity contribution in [3.05, 3.63) is 24.4 Å². The summed E-state index contributed by atoms with van der Waals surface area (Å²) in [7, 11) is 4.45. The molecule has 0 amide bonds. The summed E-state index contributed by atoms with van der Waals surface area (Å²) in [4.78, 5) is 29.7. The normalized spacial score (nSPS) is 44.0. The average molecular weight is 721 g/mol. The lowest BCUT2D eigenvalue weighted by molar-refractivity contribution is -0.278. The maximum atomic E-state index is 13.3. The number of carboxylic acid groups (broad SMARTS) is 1. The molecule has 5 aliphatic carbocycles. The Bertz CT molecular complexity index is 1450. The van der Waals surface area contributed by atoms with E-state index in [1.807, 2.05) is 13.8 Å². The molecule has 1 heterocycles. The van der Waals surface area contributed by atoms with Gasteiger partial charge in [0.25, 0.3) is 0 Å². The molecule has 52 heavy (non-hydrogen) atoms. The molecule has 6 nitrogen and oxygen atoms in total. The molecule has 0 aromatic rings. The van der Waals surface area contributed by atoms with E-state index in [0.717, 1.165) is 32.4 Å². The minimum atomic E-state index is -0.869. The zero-order chi connectivity index (χ0) is 38.4. The molecule has 6 aliphatic rings. The number of carbonyl (C=O) groups excluding carboxylic acids is 1. The van der Waals surface area contributed by atoms with Crippen molar-refractivity contribution >= 4 is 11.9 Å². The monoisotopic (exact) mass is 721 g/mol. The van der Waals surface area contributed by atoms with Crippen molar-refractivity contribution in [3.8, 4) is 0 Å². The molecule has 1 saturated heterocycles. The van der Waals surface area contributed by atoms with Gasteiger partial charge >= 0.3 is 11.9 Å². The topological polar surface area (TPSA) is 70.1 Å². The third kappa shape index (κ3) is 6.05. The van der Waals surface area contributed by atoms with Gasteiger partial charge in [0.15, 0.2) is 0 Å². The van der Waals surface area contributed by atoms with E-state index in [4.69, 9.17) is 11.3 Å². The first-order valence-corrected chi connectivity index (χ1v) is 21.1. The third-order valence-corrected chi connectivity index (χ3v) is 18.3. The lowest BCUT2D eigenvalue weighted by atomic mass is 9.28. The third-order valence-electron chi connectivity index (χ3n) is 18.3. The number of esters is 1. The van der Waals surface area contributed by atoms with Crippen LogP contribution in [-0.4, -0.2) is 66.2 Å². The number of carbonyl (C=O) groups is 2. The van der Waals surface area contributed by atoms with Crippen LogP contribution in [0.25, 0.3) is 0 Å². The molecule has 6 heteroatoms. The summed E-state index contributed by atoms with van der Waals surface area (Å²) in [5.74, 6) is 1.24. The molecule has 0 aromatic heterocycles. The number of likely N-dealkylation sites (tertiary alicyclic amines) is 1. The molecule has 0 aromatic carbocycles. The van der Waals surface area contributed by atoms with Crippen LogP contribution in [0.1, 0.15) is 152 Å². The van der Waals surface area contributed by atoms with E-state index < -0.39 is 11.4 Å². The average Bonchev–Trinajstić information content (AvgIpc) is 3.66. The Labute approximate surface area is 317 Å². The van der Waals surface area contributed by atoms with Crippen molar-refractivity contribution < 1.29 is 19.4 Å². The Morgan fingerprint density at radius 2 is 1.50 bits per heavy atom. The van der Waals surface area contributed by atoms with E-state index in [2.05, 4.69) is 78.9 Å². The number of nitrogens with zero attached hydrogens (tertiary/aromatic N) is 2. The van der Waals surface area contributed by atoms with Crippen molar-refractivity contribution in [3.63, 3.8) is 0 Å². The lowest BCUT2D eigenvalue weighted by Crippen LogP contribution is -2.69. The van der Waals surface area contributed by atoms with Crippen LogP contribution in [0.2, 0.25) is 0 Å². The maximum Gasteiger partial charge on any atom is 0.306 e. The molecule has 6 fully saturated rings. The number of likely N-dealkylation sites (N-methyl/N-ethyl adjacent to an activating group) is 1. The first-order valence-electron chi connectivity index (χ1n) is 21.1. The van der Waals surface area contributed by atoms with E-state index >= 15 is 0 Å². The highest BCUT2D eigenvalue weighted by molar-refractivity contribution is 5.73. The van der Waals surface area contributed by atoms with E-state index in [1.165, 1.54) is 69.1 Å². The summed E-state index contributed by atoms with van der Waals surface area (Å²) < 4.78 is 6.33. The number of carboxylic acids is 1. The highest BCUT2D eigenvalue weighted by Crippen LogP contribution is 2.81. The van der Waals surface area contributed by atoms with Gasteiger partial charge in [0.05, 0.1) is 12.8 Å². The van der Waals surface area contributed by atoms with Gasteiger partial charge in [-0.15, -0.1) is 0 Å². The van der Waals surface area contributed by atoms with Crippen LogP contribution in [0, 0.1) is 61.6 Å². The van der Waals surface area contributed by atoms with Gasteiger partial charge in [0.1, 0.15) is 6.10 Å². The SMILES string of the molecule is C=C(C)[C@@H]1CC[C@]2(CC(=C)N3CC[C@H](N(C)C)C3)CC[C@@]3(C)[C@]4(C)CC[C@H]5C(C)(C)[C@@H](OC(=O)CC(C)(C)CC(=O)O)CC[C@]5(C)[C@H]4CC[C@]3(C)[C@@H]12. The number of rotatable bonds is 10. The molecule has 0 bridgehead atoms. The fourth-order valence-electron chi connectivity index (χ4n) is 15.4. The Balaban J connectivity index is 1.25. The van der Waals surface area contributed by atoms with Crippen LogP contribution in [0.4, 0.5) is 0 Å². The van der Waals surface area contributed by atoms with Crippen LogP contribution in [-0.2, 0) is 14.3 Å². The van der Waals surface area contributed by atoms with Gasteiger partial charge in [-0.3, -0.25) is 9.59 Å². The number of fused-ring (bicyclic) bond motifs is 7.